The minimum absolute atomic E-state index is 0.0281. The fraction of sp³-hybridized carbons (Fsp3) is 0.516. The zero-order valence-electron chi connectivity index (χ0n) is 24.1. The lowest BCUT2D eigenvalue weighted by molar-refractivity contribution is -0.341. The number of aliphatic hydroxyl groups is 5. The fourth-order valence-corrected chi connectivity index (χ4v) is 5.30. The van der Waals surface area contributed by atoms with Crippen LogP contribution in [0.25, 0.3) is 0 Å². The third-order valence-corrected chi connectivity index (χ3v) is 7.91. The number of hydrogen-bond acceptors (Lipinski definition) is 12. The van der Waals surface area contributed by atoms with Crippen molar-refractivity contribution < 1.29 is 59.1 Å². The van der Waals surface area contributed by atoms with Crippen molar-refractivity contribution in [2.24, 2.45) is 0 Å². The molecule has 234 valence electrons. The predicted molar refractivity (Wildman–Crippen MR) is 150 cm³/mol. The molecule has 0 amide bonds. The first-order valence-electron chi connectivity index (χ1n) is 14.2. The number of phenols is 1. The Morgan fingerprint density at radius 1 is 0.953 bits per heavy atom. The Kier molecular flexibility index (Phi) is 9.40. The van der Waals surface area contributed by atoms with Gasteiger partial charge in [-0.25, -0.2) is 0 Å². The summed E-state index contributed by atoms with van der Waals surface area (Å²) in [6.07, 6.45) is -10.2. The first-order chi connectivity index (χ1) is 20.4. The summed E-state index contributed by atoms with van der Waals surface area (Å²) in [5.74, 6) is 0.319. The number of aromatic hydroxyl groups is 1. The van der Waals surface area contributed by atoms with Gasteiger partial charge in [-0.3, -0.25) is 4.79 Å². The number of allylic oxidation sites excluding steroid dienone is 2. The van der Waals surface area contributed by atoms with E-state index in [1.54, 1.807) is 43.3 Å². The molecule has 2 saturated heterocycles. The second kappa shape index (κ2) is 12.9. The summed E-state index contributed by atoms with van der Waals surface area (Å²) in [6, 6.07) is 10.1. The van der Waals surface area contributed by atoms with Crippen molar-refractivity contribution in [1.82, 2.24) is 0 Å². The number of benzene rings is 2. The van der Waals surface area contributed by atoms with Crippen LogP contribution in [0.5, 0.6) is 17.2 Å². The molecule has 0 bridgehead atoms. The first kappa shape index (κ1) is 31.4. The quantitative estimate of drug-likeness (QED) is 0.250. The Bertz CT molecular complexity index is 1320. The number of Topliss-reactive ketones (excluding diaryl/α,β-unsaturated/α-hetero) is 1. The van der Waals surface area contributed by atoms with Gasteiger partial charge in [0.25, 0.3) is 0 Å². The highest BCUT2D eigenvalue weighted by molar-refractivity contribution is 6.02. The van der Waals surface area contributed by atoms with Gasteiger partial charge in [0.1, 0.15) is 59.4 Å². The van der Waals surface area contributed by atoms with Gasteiger partial charge in [0.2, 0.25) is 6.29 Å². The van der Waals surface area contributed by atoms with Crippen LogP contribution < -0.4 is 9.47 Å². The lowest BCUT2D eigenvalue weighted by Gasteiger charge is -2.44. The topological polar surface area (TPSA) is 185 Å². The van der Waals surface area contributed by atoms with Crippen LogP contribution >= 0.6 is 0 Å². The molecule has 2 aromatic rings. The highest BCUT2D eigenvalue weighted by Gasteiger charge is 2.49. The second-order valence-corrected chi connectivity index (χ2v) is 11.4. The number of ether oxygens (including phenoxy) is 5. The van der Waals surface area contributed by atoms with Gasteiger partial charge < -0.3 is 54.3 Å². The molecule has 0 spiro atoms. The van der Waals surface area contributed by atoms with Crippen molar-refractivity contribution in [2.45, 2.75) is 95.0 Å². The first-order valence-corrected chi connectivity index (χ1v) is 14.2. The molecule has 6 N–H and O–H groups in total. The molecule has 10 unspecified atom stereocenters. The summed E-state index contributed by atoms with van der Waals surface area (Å²) < 4.78 is 28.8. The summed E-state index contributed by atoms with van der Waals surface area (Å²) in [5.41, 5.74) is 2.62. The highest BCUT2D eigenvalue weighted by atomic mass is 16.7. The van der Waals surface area contributed by atoms with Crippen LogP contribution in [0.3, 0.4) is 0 Å². The maximum absolute atomic E-state index is 13.0. The van der Waals surface area contributed by atoms with Gasteiger partial charge in [-0.05, 0) is 56.5 Å². The van der Waals surface area contributed by atoms with E-state index in [0.717, 1.165) is 5.57 Å². The van der Waals surface area contributed by atoms with E-state index < -0.39 is 61.4 Å². The normalized spacial score (nSPS) is 34.2. The van der Waals surface area contributed by atoms with Gasteiger partial charge in [-0.2, -0.15) is 0 Å². The molecule has 3 aliphatic heterocycles. The van der Waals surface area contributed by atoms with Crippen LogP contribution in [0.2, 0.25) is 0 Å². The average molecular weight is 603 g/mol. The van der Waals surface area contributed by atoms with Crippen LogP contribution in [0, 0.1) is 0 Å². The lowest BCUT2D eigenvalue weighted by Crippen LogP contribution is -2.62. The maximum atomic E-state index is 13.0. The van der Waals surface area contributed by atoms with Crippen molar-refractivity contribution in [3.63, 3.8) is 0 Å². The third kappa shape index (κ3) is 6.56. The Morgan fingerprint density at radius 3 is 2.37 bits per heavy atom. The molecule has 0 radical (unpaired) electrons. The van der Waals surface area contributed by atoms with E-state index in [1.165, 1.54) is 0 Å². The molecule has 3 aliphatic rings. The minimum atomic E-state index is -1.62. The zero-order valence-corrected chi connectivity index (χ0v) is 24.1. The molecule has 12 heteroatoms. The number of fused-ring (bicyclic) bond motifs is 1. The summed E-state index contributed by atoms with van der Waals surface area (Å²) in [5, 5.41) is 61.9. The van der Waals surface area contributed by atoms with Crippen LogP contribution in [0.15, 0.2) is 48.0 Å². The van der Waals surface area contributed by atoms with Crippen molar-refractivity contribution in [3.05, 3.63) is 64.7 Å². The third-order valence-electron chi connectivity index (χ3n) is 7.91. The molecular formula is C31H38O12. The Balaban J connectivity index is 1.29. The number of rotatable bonds is 7. The molecule has 43 heavy (non-hydrogen) atoms. The average Bonchev–Trinajstić information content (AvgIpc) is 2.97. The van der Waals surface area contributed by atoms with Crippen molar-refractivity contribution in [3.8, 4) is 17.2 Å². The number of phenolic OH excluding ortho intramolecular Hbond substituents is 1. The summed E-state index contributed by atoms with van der Waals surface area (Å²) >= 11 is 0. The summed E-state index contributed by atoms with van der Waals surface area (Å²) in [7, 11) is 0. The number of carbonyl (C=O) groups is 1. The van der Waals surface area contributed by atoms with Gasteiger partial charge in [0, 0.05) is 0 Å². The zero-order chi connectivity index (χ0) is 31.0. The monoisotopic (exact) mass is 602 g/mol. The van der Waals surface area contributed by atoms with E-state index in [1.807, 2.05) is 19.9 Å². The van der Waals surface area contributed by atoms with E-state index >= 15 is 0 Å². The van der Waals surface area contributed by atoms with Crippen molar-refractivity contribution in [2.75, 3.05) is 6.61 Å². The standard InChI is InChI=1S/C31H38O12/c1-14(2)4-5-17-8-11-21-23(25(17)35)19(32)12-22(42-21)16-6-9-18(10-7-16)41-31-29(27(37)24(34)15(3)40-31)43-30-28(38)26(36)20(33)13-39-30/h4,6-11,15,20,22,24,26-31,33-38H,5,12-13H2,1-3H3. The van der Waals surface area contributed by atoms with Crippen LogP contribution in [0.4, 0.5) is 0 Å². The summed E-state index contributed by atoms with van der Waals surface area (Å²) in [6.45, 7) is 5.16. The smallest absolute Gasteiger partial charge is 0.229 e. The molecular weight excluding hydrogens is 564 g/mol. The number of hydrogen-bond donors (Lipinski definition) is 6. The Hall–Kier alpha value is -3.07. The molecule has 3 heterocycles. The molecule has 0 aromatic heterocycles. The van der Waals surface area contributed by atoms with E-state index in [2.05, 4.69) is 0 Å². The molecule has 0 aliphatic carbocycles. The van der Waals surface area contributed by atoms with E-state index in [0.29, 0.717) is 29.0 Å². The van der Waals surface area contributed by atoms with Crippen LogP contribution in [-0.4, -0.2) is 98.3 Å². The molecule has 10 atom stereocenters. The molecule has 2 aromatic carbocycles. The molecule has 2 fully saturated rings. The number of ketones is 1. The fourth-order valence-electron chi connectivity index (χ4n) is 5.30. The Labute approximate surface area is 248 Å². The maximum Gasteiger partial charge on any atom is 0.229 e. The second-order valence-electron chi connectivity index (χ2n) is 11.4. The summed E-state index contributed by atoms with van der Waals surface area (Å²) in [4.78, 5) is 13.0. The molecule has 5 rings (SSSR count). The Morgan fingerprint density at radius 2 is 1.67 bits per heavy atom. The van der Waals surface area contributed by atoms with Gasteiger partial charge in [0.15, 0.2) is 18.2 Å². The molecule has 12 nitrogen and oxygen atoms in total. The number of carbonyl (C=O) groups excluding carboxylic acids is 1. The molecule has 0 saturated carbocycles. The van der Waals surface area contributed by atoms with Crippen LogP contribution in [-0.2, 0) is 20.6 Å². The largest absolute Gasteiger partial charge is 0.507 e. The van der Waals surface area contributed by atoms with Gasteiger partial charge >= 0.3 is 0 Å². The lowest BCUT2D eigenvalue weighted by atomic mass is 9.93. The van der Waals surface area contributed by atoms with Crippen molar-refractivity contribution >= 4 is 5.78 Å². The SMILES string of the molecule is CC(C)=CCc1ccc2c(c1O)C(=O)CC(c1ccc(OC3OC(C)C(O)C(O)C3OC3OCC(O)C(O)C3O)cc1)O2. The predicted octanol–water partition coefficient (Wildman–Crippen LogP) is 1.28. The van der Waals surface area contributed by atoms with Gasteiger partial charge in [-0.1, -0.05) is 29.8 Å². The van der Waals surface area contributed by atoms with Gasteiger partial charge in [0.05, 0.1) is 19.1 Å². The van der Waals surface area contributed by atoms with Crippen LogP contribution in [0.1, 0.15) is 54.8 Å². The van der Waals surface area contributed by atoms with E-state index in [-0.39, 0.29) is 30.1 Å². The van der Waals surface area contributed by atoms with E-state index in [9.17, 15) is 35.4 Å². The van der Waals surface area contributed by atoms with Crippen molar-refractivity contribution in [1.29, 1.82) is 0 Å². The highest BCUT2D eigenvalue weighted by Crippen LogP contribution is 2.41. The number of aliphatic hydroxyl groups excluding tert-OH is 5. The van der Waals surface area contributed by atoms with E-state index in [4.69, 9.17) is 23.7 Å². The minimum Gasteiger partial charge on any atom is -0.507 e. The van der Waals surface area contributed by atoms with Gasteiger partial charge in [-0.15, -0.1) is 0 Å².